The first-order valence-electron chi connectivity index (χ1n) is 6.07. The van der Waals surface area contributed by atoms with Crippen molar-refractivity contribution in [2.75, 3.05) is 6.61 Å². The number of halogens is 3. The maximum Gasteiger partial charge on any atom is 0.128 e. The first-order chi connectivity index (χ1) is 9.47. The molecule has 0 spiro atoms. The minimum Gasteiger partial charge on any atom is -0.492 e. The molecule has 5 heteroatoms. The van der Waals surface area contributed by atoms with E-state index < -0.39 is 17.7 Å². The summed E-state index contributed by atoms with van der Waals surface area (Å²) < 4.78 is 45.0. The minimum atomic E-state index is -0.809. The summed E-state index contributed by atoms with van der Waals surface area (Å²) in [4.78, 5) is 0. The van der Waals surface area contributed by atoms with E-state index in [9.17, 15) is 13.2 Å². The Labute approximate surface area is 115 Å². The van der Waals surface area contributed by atoms with Crippen molar-refractivity contribution >= 4 is 0 Å². The summed E-state index contributed by atoms with van der Waals surface area (Å²) in [6, 6.07) is 6.53. The van der Waals surface area contributed by atoms with Crippen LogP contribution in [-0.4, -0.2) is 6.61 Å². The Morgan fingerprint density at radius 1 is 1.05 bits per heavy atom. The second-order valence-electron chi connectivity index (χ2n) is 4.49. The Hall–Kier alpha value is -2.01. The standard InChI is InChI=1S/C15H14F3NO/c1-9-6-11(3-5-13(9)17)20-8-15(19)12-7-10(16)2-4-14(12)18/h2-7,15H,8,19H2,1H3. The normalized spacial score (nSPS) is 12.2. The number of benzene rings is 2. The van der Waals surface area contributed by atoms with Crippen molar-refractivity contribution in [3.05, 3.63) is 65.0 Å². The van der Waals surface area contributed by atoms with Crippen molar-refractivity contribution in [1.29, 1.82) is 0 Å². The Morgan fingerprint density at radius 3 is 2.45 bits per heavy atom. The first-order valence-corrected chi connectivity index (χ1v) is 6.07. The number of rotatable bonds is 4. The van der Waals surface area contributed by atoms with Gasteiger partial charge in [0.2, 0.25) is 0 Å². The van der Waals surface area contributed by atoms with Gasteiger partial charge in [0.25, 0.3) is 0 Å². The Balaban J connectivity index is 2.06. The number of hydrogen-bond acceptors (Lipinski definition) is 2. The summed E-state index contributed by atoms with van der Waals surface area (Å²) >= 11 is 0. The van der Waals surface area contributed by atoms with E-state index >= 15 is 0 Å². The van der Waals surface area contributed by atoms with Crippen molar-refractivity contribution in [3.63, 3.8) is 0 Å². The van der Waals surface area contributed by atoms with Crippen molar-refractivity contribution in [2.24, 2.45) is 5.73 Å². The third-order valence-corrected chi connectivity index (χ3v) is 2.92. The molecule has 0 aliphatic carbocycles. The van der Waals surface area contributed by atoms with Gasteiger partial charge in [0, 0.05) is 5.56 Å². The highest BCUT2D eigenvalue weighted by molar-refractivity contribution is 5.29. The van der Waals surface area contributed by atoms with Crippen LogP contribution in [0.4, 0.5) is 13.2 Å². The fraction of sp³-hybridized carbons (Fsp3) is 0.200. The van der Waals surface area contributed by atoms with Crippen LogP contribution in [0.15, 0.2) is 36.4 Å². The van der Waals surface area contributed by atoms with Gasteiger partial charge in [-0.05, 0) is 48.9 Å². The molecule has 0 saturated heterocycles. The Morgan fingerprint density at radius 2 is 1.75 bits per heavy atom. The van der Waals surface area contributed by atoms with Gasteiger partial charge in [-0.15, -0.1) is 0 Å². The van der Waals surface area contributed by atoms with Crippen LogP contribution >= 0.6 is 0 Å². The van der Waals surface area contributed by atoms with E-state index in [4.69, 9.17) is 10.5 Å². The number of hydrogen-bond donors (Lipinski definition) is 1. The van der Waals surface area contributed by atoms with Gasteiger partial charge in [0.15, 0.2) is 0 Å². The smallest absolute Gasteiger partial charge is 0.128 e. The van der Waals surface area contributed by atoms with Crippen LogP contribution in [0.2, 0.25) is 0 Å². The molecule has 1 atom stereocenters. The number of nitrogens with two attached hydrogens (primary N) is 1. The molecule has 0 radical (unpaired) electrons. The Kier molecular flexibility index (Phi) is 4.29. The van der Waals surface area contributed by atoms with Crippen LogP contribution in [0.1, 0.15) is 17.2 Å². The third-order valence-electron chi connectivity index (χ3n) is 2.92. The van der Waals surface area contributed by atoms with Crippen LogP contribution in [-0.2, 0) is 0 Å². The van der Waals surface area contributed by atoms with Crippen molar-refractivity contribution in [2.45, 2.75) is 13.0 Å². The van der Waals surface area contributed by atoms with Gasteiger partial charge >= 0.3 is 0 Å². The summed E-state index contributed by atoms with van der Waals surface area (Å²) in [5.41, 5.74) is 6.26. The topological polar surface area (TPSA) is 35.2 Å². The molecular weight excluding hydrogens is 267 g/mol. The average molecular weight is 281 g/mol. The van der Waals surface area contributed by atoms with E-state index in [1.807, 2.05) is 0 Å². The van der Waals surface area contributed by atoms with E-state index in [1.54, 1.807) is 6.92 Å². The van der Waals surface area contributed by atoms with Crippen LogP contribution in [0, 0.1) is 24.4 Å². The van der Waals surface area contributed by atoms with E-state index in [2.05, 4.69) is 0 Å². The fourth-order valence-electron chi connectivity index (χ4n) is 1.78. The van der Waals surface area contributed by atoms with Crippen molar-refractivity contribution < 1.29 is 17.9 Å². The van der Waals surface area contributed by atoms with Crippen LogP contribution in [0.5, 0.6) is 5.75 Å². The predicted molar refractivity (Wildman–Crippen MR) is 69.9 cm³/mol. The zero-order valence-corrected chi connectivity index (χ0v) is 10.9. The lowest BCUT2D eigenvalue weighted by Crippen LogP contribution is -2.20. The minimum absolute atomic E-state index is 0.0363. The van der Waals surface area contributed by atoms with Crippen LogP contribution in [0.3, 0.4) is 0 Å². The molecule has 0 amide bonds. The molecule has 20 heavy (non-hydrogen) atoms. The van der Waals surface area contributed by atoms with Gasteiger partial charge in [-0.1, -0.05) is 0 Å². The van der Waals surface area contributed by atoms with Crippen LogP contribution < -0.4 is 10.5 Å². The van der Waals surface area contributed by atoms with E-state index in [0.29, 0.717) is 11.3 Å². The highest BCUT2D eigenvalue weighted by atomic mass is 19.1. The second kappa shape index (κ2) is 5.96. The molecule has 0 aliphatic heterocycles. The van der Waals surface area contributed by atoms with Crippen LogP contribution in [0.25, 0.3) is 0 Å². The molecule has 0 aromatic heterocycles. The van der Waals surface area contributed by atoms with E-state index in [-0.39, 0.29) is 18.0 Å². The number of ether oxygens (including phenoxy) is 1. The van der Waals surface area contributed by atoms with Crippen molar-refractivity contribution in [1.82, 2.24) is 0 Å². The molecule has 2 aromatic carbocycles. The molecule has 0 bridgehead atoms. The Bertz CT molecular complexity index is 616. The molecule has 0 heterocycles. The van der Waals surface area contributed by atoms with Gasteiger partial charge < -0.3 is 10.5 Å². The molecule has 0 fully saturated rings. The summed E-state index contributed by atoms with van der Waals surface area (Å²) in [5, 5.41) is 0. The van der Waals surface area contributed by atoms with E-state index in [1.165, 1.54) is 18.2 Å². The summed E-state index contributed by atoms with van der Waals surface area (Å²) in [6.45, 7) is 1.57. The zero-order valence-electron chi connectivity index (χ0n) is 10.9. The lowest BCUT2D eigenvalue weighted by molar-refractivity contribution is 0.287. The fourth-order valence-corrected chi connectivity index (χ4v) is 1.78. The number of aryl methyl sites for hydroxylation is 1. The van der Waals surface area contributed by atoms with Gasteiger partial charge in [-0.3, -0.25) is 0 Å². The summed E-state index contributed by atoms with van der Waals surface area (Å²) in [6.07, 6.45) is 0. The summed E-state index contributed by atoms with van der Waals surface area (Å²) in [7, 11) is 0. The molecule has 2 nitrogen and oxygen atoms in total. The molecule has 1 unspecified atom stereocenters. The molecule has 0 aliphatic rings. The molecule has 2 N–H and O–H groups in total. The van der Waals surface area contributed by atoms with Crippen molar-refractivity contribution in [3.8, 4) is 5.75 Å². The molecule has 0 saturated carbocycles. The quantitative estimate of drug-likeness (QED) is 0.931. The monoisotopic (exact) mass is 281 g/mol. The molecular formula is C15H14F3NO. The van der Waals surface area contributed by atoms with Gasteiger partial charge in [-0.2, -0.15) is 0 Å². The summed E-state index contributed by atoms with van der Waals surface area (Å²) in [5.74, 6) is -1.05. The largest absolute Gasteiger partial charge is 0.492 e. The van der Waals surface area contributed by atoms with Gasteiger partial charge in [-0.25, -0.2) is 13.2 Å². The lowest BCUT2D eigenvalue weighted by Gasteiger charge is -2.15. The lowest BCUT2D eigenvalue weighted by atomic mass is 10.1. The predicted octanol–water partition coefficient (Wildman–Crippen LogP) is 3.49. The van der Waals surface area contributed by atoms with E-state index in [0.717, 1.165) is 18.2 Å². The maximum atomic E-state index is 13.5. The molecule has 2 rings (SSSR count). The van der Waals surface area contributed by atoms with Gasteiger partial charge in [0.1, 0.15) is 29.8 Å². The highest BCUT2D eigenvalue weighted by Crippen LogP contribution is 2.20. The third kappa shape index (κ3) is 3.30. The SMILES string of the molecule is Cc1cc(OCC(N)c2cc(F)ccc2F)ccc1F. The molecule has 2 aromatic rings. The zero-order chi connectivity index (χ0) is 14.7. The maximum absolute atomic E-state index is 13.5. The molecule has 106 valence electrons. The first kappa shape index (κ1) is 14.4. The second-order valence-corrected chi connectivity index (χ2v) is 4.49. The highest BCUT2D eigenvalue weighted by Gasteiger charge is 2.13. The average Bonchev–Trinajstić information content (AvgIpc) is 2.42. The van der Waals surface area contributed by atoms with Gasteiger partial charge in [0.05, 0.1) is 6.04 Å².